The number of rotatable bonds is 9. The third-order valence-corrected chi connectivity index (χ3v) is 7.10. The van der Waals surface area contributed by atoms with E-state index in [1.807, 2.05) is 13.1 Å². The molecular formula is C27H36N2O4. The Bertz CT molecular complexity index is 939. The smallest absolute Gasteiger partial charge is 0.320 e. The minimum atomic E-state index is -0.823. The summed E-state index contributed by atoms with van der Waals surface area (Å²) in [6.07, 6.45) is 6.24. The predicted octanol–water partition coefficient (Wildman–Crippen LogP) is 4.13. The zero-order chi connectivity index (χ0) is 23.2. The summed E-state index contributed by atoms with van der Waals surface area (Å²) < 4.78 is 11.7. The summed E-state index contributed by atoms with van der Waals surface area (Å²) in [5.41, 5.74) is 4.15. The van der Waals surface area contributed by atoms with Gasteiger partial charge in [0.05, 0.1) is 7.11 Å². The summed E-state index contributed by atoms with van der Waals surface area (Å²) >= 11 is 0. The Morgan fingerprint density at radius 3 is 2.58 bits per heavy atom. The highest BCUT2D eigenvalue weighted by Gasteiger charge is 2.30. The van der Waals surface area contributed by atoms with Crippen LogP contribution in [0.3, 0.4) is 0 Å². The Labute approximate surface area is 196 Å². The molecule has 2 aromatic carbocycles. The van der Waals surface area contributed by atoms with E-state index < -0.39 is 12.0 Å². The number of benzene rings is 2. The maximum Gasteiger partial charge on any atom is 0.320 e. The molecule has 1 saturated carbocycles. The first kappa shape index (κ1) is 23.6. The third-order valence-electron chi connectivity index (χ3n) is 7.10. The SMILES string of the molecule is CNCc1ccccc1[C@H]1CC[C@H](Cc2cc(OC)cc(O[C@@H]3CN[C@H](C(=O)O)C3)c2)CC1. The van der Waals surface area contributed by atoms with Crippen LogP contribution >= 0.6 is 0 Å². The molecule has 0 unspecified atom stereocenters. The molecule has 6 heteroatoms. The fraction of sp³-hybridized carbons (Fsp3) is 0.519. The largest absolute Gasteiger partial charge is 0.497 e. The molecule has 2 atom stereocenters. The van der Waals surface area contributed by atoms with Crippen molar-refractivity contribution in [3.63, 3.8) is 0 Å². The number of nitrogens with one attached hydrogen (secondary N) is 2. The average molecular weight is 453 g/mol. The van der Waals surface area contributed by atoms with Crippen molar-refractivity contribution < 1.29 is 19.4 Å². The normalized spacial score (nSPS) is 25.0. The molecule has 0 spiro atoms. The van der Waals surface area contributed by atoms with Crippen LogP contribution in [0.5, 0.6) is 11.5 Å². The van der Waals surface area contributed by atoms with Crippen LogP contribution in [0.25, 0.3) is 0 Å². The van der Waals surface area contributed by atoms with E-state index in [0.29, 0.717) is 24.8 Å². The number of aliphatic carboxylic acids is 1. The second-order valence-electron chi connectivity index (χ2n) is 9.44. The molecule has 0 aromatic heterocycles. The molecule has 0 amide bonds. The molecule has 33 heavy (non-hydrogen) atoms. The highest BCUT2D eigenvalue weighted by atomic mass is 16.5. The van der Waals surface area contributed by atoms with Crippen LogP contribution in [-0.2, 0) is 17.8 Å². The van der Waals surface area contributed by atoms with E-state index in [2.05, 4.69) is 47.0 Å². The average Bonchev–Trinajstić information content (AvgIpc) is 3.29. The van der Waals surface area contributed by atoms with Crippen LogP contribution in [0, 0.1) is 5.92 Å². The number of hydrogen-bond donors (Lipinski definition) is 3. The number of carboxylic acids is 1. The summed E-state index contributed by atoms with van der Waals surface area (Å²) in [6.45, 7) is 1.47. The van der Waals surface area contributed by atoms with Gasteiger partial charge < -0.3 is 25.2 Å². The monoisotopic (exact) mass is 452 g/mol. The summed E-state index contributed by atoms with van der Waals surface area (Å²) in [5.74, 6) is 2.03. The number of hydrogen-bond acceptors (Lipinski definition) is 5. The zero-order valence-corrected chi connectivity index (χ0v) is 19.7. The van der Waals surface area contributed by atoms with Crippen LogP contribution in [0.4, 0.5) is 0 Å². The Kier molecular flexibility index (Phi) is 7.89. The number of carboxylic acid groups (broad SMARTS) is 1. The van der Waals surface area contributed by atoms with Gasteiger partial charge in [0.25, 0.3) is 0 Å². The third kappa shape index (κ3) is 6.06. The van der Waals surface area contributed by atoms with Crippen LogP contribution in [0.2, 0.25) is 0 Å². The first-order chi connectivity index (χ1) is 16.1. The first-order valence-electron chi connectivity index (χ1n) is 12.1. The number of ether oxygens (including phenoxy) is 2. The maximum atomic E-state index is 11.2. The molecule has 0 radical (unpaired) electrons. The van der Waals surface area contributed by atoms with Crippen molar-refractivity contribution >= 4 is 5.97 Å². The van der Waals surface area contributed by atoms with Gasteiger partial charge in [-0.1, -0.05) is 24.3 Å². The number of methoxy groups -OCH3 is 1. The van der Waals surface area contributed by atoms with Gasteiger partial charge in [0, 0.05) is 25.6 Å². The minimum Gasteiger partial charge on any atom is -0.497 e. The van der Waals surface area contributed by atoms with Crippen LogP contribution < -0.4 is 20.1 Å². The van der Waals surface area contributed by atoms with E-state index in [9.17, 15) is 9.90 Å². The molecule has 3 N–H and O–H groups in total. The fourth-order valence-corrected chi connectivity index (χ4v) is 5.40. The molecule has 178 valence electrons. The topological polar surface area (TPSA) is 79.8 Å². The lowest BCUT2D eigenvalue weighted by molar-refractivity contribution is -0.139. The van der Waals surface area contributed by atoms with Gasteiger partial charge in [-0.25, -0.2) is 0 Å². The summed E-state index contributed by atoms with van der Waals surface area (Å²) in [6, 6.07) is 14.4. The lowest BCUT2D eigenvalue weighted by Gasteiger charge is -2.30. The molecule has 0 bridgehead atoms. The lowest BCUT2D eigenvalue weighted by atomic mass is 9.75. The van der Waals surface area contributed by atoms with Crippen LogP contribution in [0.15, 0.2) is 42.5 Å². The van der Waals surface area contributed by atoms with Crippen molar-refractivity contribution in [1.82, 2.24) is 10.6 Å². The number of carbonyl (C=O) groups is 1. The van der Waals surface area contributed by atoms with Crippen molar-refractivity contribution in [2.24, 2.45) is 5.92 Å². The van der Waals surface area contributed by atoms with E-state index in [4.69, 9.17) is 9.47 Å². The summed E-state index contributed by atoms with van der Waals surface area (Å²) in [7, 11) is 3.68. The van der Waals surface area contributed by atoms with Crippen molar-refractivity contribution in [1.29, 1.82) is 0 Å². The Balaban J connectivity index is 1.36. The summed E-state index contributed by atoms with van der Waals surface area (Å²) in [4.78, 5) is 11.2. The van der Waals surface area contributed by atoms with Crippen molar-refractivity contribution in [2.45, 2.75) is 63.1 Å². The molecule has 1 heterocycles. The highest BCUT2D eigenvalue weighted by molar-refractivity contribution is 5.73. The molecule has 2 aromatic rings. The van der Waals surface area contributed by atoms with Crippen LogP contribution in [-0.4, -0.2) is 43.9 Å². The Morgan fingerprint density at radius 2 is 1.88 bits per heavy atom. The zero-order valence-electron chi connectivity index (χ0n) is 19.7. The van der Waals surface area contributed by atoms with Gasteiger partial charge >= 0.3 is 5.97 Å². The van der Waals surface area contributed by atoms with Gasteiger partial charge in [-0.15, -0.1) is 0 Å². The fourth-order valence-electron chi connectivity index (χ4n) is 5.40. The quantitative estimate of drug-likeness (QED) is 0.531. The molecule has 1 saturated heterocycles. The second-order valence-corrected chi connectivity index (χ2v) is 9.44. The highest BCUT2D eigenvalue weighted by Crippen LogP contribution is 2.39. The van der Waals surface area contributed by atoms with E-state index in [1.54, 1.807) is 7.11 Å². The predicted molar refractivity (Wildman–Crippen MR) is 129 cm³/mol. The molecule has 4 rings (SSSR count). The molecule has 1 aliphatic heterocycles. The van der Waals surface area contributed by atoms with Gasteiger partial charge in [0.2, 0.25) is 0 Å². The van der Waals surface area contributed by atoms with Gasteiger partial charge in [-0.05, 0) is 79.8 Å². The van der Waals surface area contributed by atoms with Gasteiger partial charge in [0.15, 0.2) is 0 Å². The van der Waals surface area contributed by atoms with Crippen molar-refractivity contribution in [3.05, 3.63) is 59.2 Å². The second kappa shape index (κ2) is 11.0. The lowest BCUT2D eigenvalue weighted by Crippen LogP contribution is -2.30. The van der Waals surface area contributed by atoms with E-state index in [1.165, 1.54) is 42.4 Å². The molecule has 2 fully saturated rings. The molecule has 2 aliphatic rings. The van der Waals surface area contributed by atoms with Gasteiger partial charge in [-0.3, -0.25) is 4.79 Å². The molecule has 1 aliphatic carbocycles. The standard InChI is InChI=1S/C27H36N2O4/c1-28-16-21-5-3-4-6-25(21)20-9-7-18(8-10-20)11-19-12-22(32-2)14-23(13-19)33-24-15-26(27(30)31)29-17-24/h3-6,12-14,18,20,24,26,28-29H,7-11,15-17H2,1-2H3,(H,30,31)/t18-,20-,24-,26-/m0/s1. The maximum absolute atomic E-state index is 11.2. The first-order valence-corrected chi connectivity index (χ1v) is 12.1. The minimum absolute atomic E-state index is 0.140. The van der Waals surface area contributed by atoms with Crippen molar-refractivity contribution in [2.75, 3.05) is 20.7 Å². The van der Waals surface area contributed by atoms with Gasteiger partial charge in [0.1, 0.15) is 23.6 Å². The summed E-state index contributed by atoms with van der Waals surface area (Å²) in [5, 5.41) is 15.5. The molecular weight excluding hydrogens is 416 g/mol. The van der Waals surface area contributed by atoms with E-state index >= 15 is 0 Å². The molecule has 6 nitrogen and oxygen atoms in total. The Morgan fingerprint density at radius 1 is 1.12 bits per heavy atom. The van der Waals surface area contributed by atoms with Gasteiger partial charge in [-0.2, -0.15) is 0 Å². The van der Waals surface area contributed by atoms with E-state index in [-0.39, 0.29) is 6.10 Å². The van der Waals surface area contributed by atoms with Crippen LogP contribution in [0.1, 0.15) is 54.7 Å². The Hall–Kier alpha value is -2.57. The van der Waals surface area contributed by atoms with Crippen molar-refractivity contribution in [3.8, 4) is 11.5 Å². The van der Waals surface area contributed by atoms with E-state index in [0.717, 1.165) is 24.5 Å².